The Morgan fingerprint density at radius 1 is 1.39 bits per heavy atom. The van der Waals surface area contributed by atoms with Crippen molar-refractivity contribution in [2.24, 2.45) is 0 Å². The van der Waals surface area contributed by atoms with Gasteiger partial charge in [-0.2, -0.15) is 0 Å². The first-order valence-electron chi connectivity index (χ1n) is 6.03. The lowest BCUT2D eigenvalue weighted by atomic mass is 9.96. The number of benzene rings is 1. The van der Waals surface area contributed by atoms with Crippen molar-refractivity contribution < 1.29 is 14.3 Å². The Hall–Kier alpha value is -1.84. The van der Waals surface area contributed by atoms with Gasteiger partial charge in [0.15, 0.2) is 6.29 Å². The third-order valence-corrected chi connectivity index (χ3v) is 2.99. The Labute approximate surface area is 108 Å². The summed E-state index contributed by atoms with van der Waals surface area (Å²) < 4.78 is 5.38. The van der Waals surface area contributed by atoms with Gasteiger partial charge in [0, 0.05) is 7.05 Å². The Balaban J connectivity index is 3.24. The van der Waals surface area contributed by atoms with E-state index in [0.29, 0.717) is 18.0 Å². The van der Waals surface area contributed by atoms with Gasteiger partial charge in [-0.3, -0.25) is 9.59 Å². The largest absolute Gasteiger partial charge is 0.484 e. The molecule has 4 nitrogen and oxygen atoms in total. The molecule has 0 bridgehead atoms. The summed E-state index contributed by atoms with van der Waals surface area (Å²) in [4.78, 5) is 22.9. The van der Waals surface area contributed by atoms with E-state index in [1.54, 1.807) is 13.1 Å². The summed E-state index contributed by atoms with van der Waals surface area (Å²) in [5.41, 5.74) is 1.79. The second kappa shape index (κ2) is 6.79. The normalized spacial score (nSPS) is 11.7. The van der Waals surface area contributed by atoms with Gasteiger partial charge in [0.05, 0.1) is 5.69 Å². The van der Waals surface area contributed by atoms with Crippen molar-refractivity contribution in [2.45, 2.75) is 26.2 Å². The van der Waals surface area contributed by atoms with Crippen LogP contribution in [0.15, 0.2) is 18.2 Å². The van der Waals surface area contributed by atoms with E-state index >= 15 is 0 Å². The zero-order valence-electron chi connectivity index (χ0n) is 11.1. The lowest BCUT2D eigenvalue weighted by Gasteiger charge is -2.22. The van der Waals surface area contributed by atoms with Crippen LogP contribution in [0.4, 0.5) is 5.69 Å². The maximum absolute atomic E-state index is 11.0. The molecule has 1 amide bonds. The Morgan fingerprint density at radius 3 is 2.67 bits per heavy atom. The Bertz CT molecular complexity index is 418. The summed E-state index contributed by atoms with van der Waals surface area (Å²) in [6.07, 6.45) is 2.41. The second-order valence-electron chi connectivity index (χ2n) is 4.20. The quantitative estimate of drug-likeness (QED) is 0.697. The molecule has 1 rings (SSSR count). The number of para-hydroxylation sites is 1. The highest BCUT2D eigenvalue weighted by molar-refractivity contribution is 5.81. The highest BCUT2D eigenvalue weighted by Gasteiger charge is 2.17. The molecule has 1 atom stereocenters. The van der Waals surface area contributed by atoms with Crippen LogP contribution in [0.1, 0.15) is 31.7 Å². The minimum absolute atomic E-state index is 0.0103. The molecule has 18 heavy (non-hydrogen) atoms. The molecule has 0 aliphatic heterocycles. The number of rotatable bonds is 7. The fraction of sp³-hybridized carbons (Fsp3) is 0.429. The molecule has 0 N–H and O–H groups in total. The Morgan fingerprint density at radius 2 is 2.11 bits per heavy atom. The molecule has 1 aromatic rings. The molecule has 98 valence electrons. The number of nitrogens with zero attached hydrogens (tertiary/aromatic N) is 1. The zero-order chi connectivity index (χ0) is 13.5. The van der Waals surface area contributed by atoms with Crippen LogP contribution in [0.5, 0.6) is 5.75 Å². The van der Waals surface area contributed by atoms with Crippen LogP contribution in [0.25, 0.3) is 0 Å². The first-order chi connectivity index (χ1) is 8.65. The molecule has 0 radical (unpaired) electrons. The van der Waals surface area contributed by atoms with Crippen LogP contribution in [0.2, 0.25) is 0 Å². The molecule has 0 heterocycles. The predicted molar refractivity (Wildman–Crippen MR) is 71.2 cm³/mol. The number of anilines is 1. The van der Waals surface area contributed by atoms with E-state index in [1.165, 1.54) is 4.90 Å². The van der Waals surface area contributed by atoms with E-state index in [4.69, 9.17) is 4.74 Å². The topological polar surface area (TPSA) is 46.6 Å². The molecule has 0 aliphatic carbocycles. The SMILES string of the molecule is CCC(C)c1cccc(OCC=O)c1N(C)C=O. The summed E-state index contributed by atoms with van der Waals surface area (Å²) in [6.45, 7) is 4.18. The van der Waals surface area contributed by atoms with Crippen molar-refractivity contribution >= 4 is 18.4 Å². The summed E-state index contributed by atoms with van der Waals surface area (Å²) >= 11 is 0. The summed E-state index contributed by atoms with van der Waals surface area (Å²) in [7, 11) is 1.68. The molecule has 0 aliphatic rings. The first kappa shape index (κ1) is 14.2. The molecule has 4 heteroatoms. The van der Waals surface area contributed by atoms with E-state index in [-0.39, 0.29) is 6.61 Å². The lowest BCUT2D eigenvalue weighted by molar-refractivity contribution is -0.109. The maximum atomic E-state index is 11.0. The first-order valence-corrected chi connectivity index (χ1v) is 6.03. The van der Waals surface area contributed by atoms with E-state index in [9.17, 15) is 9.59 Å². The fourth-order valence-electron chi connectivity index (χ4n) is 1.83. The Kier molecular flexibility index (Phi) is 5.36. The fourth-order valence-corrected chi connectivity index (χ4v) is 1.83. The van der Waals surface area contributed by atoms with E-state index in [0.717, 1.165) is 24.1 Å². The van der Waals surface area contributed by atoms with E-state index in [2.05, 4.69) is 13.8 Å². The highest BCUT2D eigenvalue weighted by Crippen LogP contribution is 2.36. The third kappa shape index (κ3) is 3.09. The van der Waals surface area contributed by atoms with Crippen molar-refractivity contribution in [1.82, 2.24) is 0 Å². The molecule has 0 saturated carbocycles. The van der Waals surface area contributed by atoms with Gasteiger partial charge >= 0.3 is 0 Å². The monoisotopic (exact) mass is 249 g/mol. The standard InChI is InChI=1S/C14H19NO3/c1-4-11(2)12-6-5-7-13(18-9-8-16)14(12)15(3)10-17/h5-8,10-11H,4,9H2,1-3H3. The van der Waals surface area contributed by atoms with E-state index < -0.39 is 0 Å². The van der Waals surface area contributed by atoms with Gasteiger partial charge in [-0.05, 0) is 24.0 Å². The summed E-state index contributed by atoms with van der Waals surface area (Å²) in [5, 5.41) is 0. The van der Waals surface area contributed by atoms with Crippen LogP contribution >= 0.6 is 0 Å². The van der Waals surface area contributed by atoms with Crippen LogP contribution in [0.3, 0.4) is 0 Å². The van der Waals surface area contributed by atoms with Crippen LogP contribution in [0, 0.1) is 0 Å². The molecule has 1 unspecified atom stereocenters. The number of carbonyl (C=O) groups is 2. The van der Waals surface area contributed by atoms with Crippen molar-refractivity contribution in [1.29, 1.82) is 0 Å². The van der Waals surface area contributed by atoms with Crippen LogP contribution < -0.4 is 9.64 Å². The van der Waals surface area contributed by atoms with Gasteiger partial charge in [-0.15, -0.1) is 0 Å². The summed E-state index contributed by atoms with van der Waals surface area (Å²) in [5.74, 6) is 0.886. The van der Waals surface area contributed by atoms with Gasteiger partial charge in [-0.1, -0.05) is 26.0 Å². The van der Waals surface area contributed by atoms with Gasteiger partial charge in [-0.25, -0.2) is 0 Å². The number of hydrogen-bond acceptors (Lipinski definition) is 3. The van der Waals surface area contributed by atoms with Crippen LogP contribution in [-0.2, 0) is 9.59 Å². The van der Waals surface area contributed by atoms with E-state index in [1.807, 2.05) is 12.1 Å². The van der Waals surface area contributed by atoms with Crippen molar-refractivity contribution in [2.75, 3.05) is 18.6 Å². The minimum Gasteiger partial charge on any atom is -0.484 e. The molecule has 0 aromatic heterocycles. The lowest BCUT2D eigenvalue weighted by Crippen LogP contribution is -2.18. The number of hydrogen-bond donors (Lipinski definition) is 0. The van der Waals surface area contributed by atoms with Crippen molar-refractivity contribution in [3.8, 4) is 5.75 Å². The number of carbonyl (C=O) groups excluding carboxylic acids is 2. The minimum atomic E-state index is -0.0103. The number of ether oxygens (including phenoxy) is 1. The maximum Gasteiger partial charge on any atom is 0.213 e. The second-order valence-corrected chi connectivity index (χ2v) is 4.20. The molecule has 0 spiro atoms. The highest BCUT2D eigenvalue weighted by atomic mass is 16.5. The molecule has 0 saturated heterocycles. The van der Waals surface area contributed by atoms with Crippen LogP contribution in [-0.4, -0.2) is 26.4 Å². The molecule has 1 aromatic carbocycles. The average Bonchev–Trinajstić information content (AvgIpc) is 2.42. The third-order valence-electron chi connectivity index (χ3n) is 2.99. The van der Waals surface area contributed by atoms with Gasteiger partial charge in [0.2, 0.25) is 6.41 Å². The van der Waals surface area contributed by atoms with Crippen molar-refractivity contribution in [3.05, 3.63) is 23.8 Å². The molecular weight excluding hydrogens is 230 g/mol. The number of aldehydes is 1. The summed E-state index contributed by atoms with van der Waals surface area (Å²) in [6, 6.07) is 5.63. The van der Waals surface area contributed by atoms with Gasteiger partial charge in [0.25, 0.3) is 0 Å². The van der Waals surface area contributed by atoms with Gasteiger partial charge < -0.3 is 9.64 Å². The predicted octanol–water partition coefficient (Wildman–Crippen LogP) is 2.37. The number of amides is 1. The molecule has 0 fully saturated rings. The van der Waals surface area contributed by atoms with Gasteiger partial charge in [0.1, 0.15) is 12.4 Å². The zero-order valence-corrected chi connectivity index (χ0v) is 11.1. The smallest absolute Gasteiger partial charge is 0.213 e. The average molecular weight is 249 g/mol. The van der Waals surface area contributed by atoms with Crippen molar-refractivity contribution in [3.63, 3.8) is 0 Å². The molecular formula is C14H19NO3.